The van der Waals surface area contributed by atoms with Crippen LogP contribution in [0.4, 0.5) is 0 Å². The molecule has 14 heavy (non-hydrogen) atoms. The molecule has 1 aliphatic rings. The Hall–Kier alpha value is 0.310. The van der Waals surface area contributed by atoms with Crippen molar-refractivity contribution in [3.63, 3.8) is 0 Å². The molecule has 0 saturated carbocycles. The maximum absolute atomic E-state index is 3.72. The first-order chi connectivity index (χ1) is 6.75. The van der Waals surface area contributed by atoms with Crippen LogP contribution in [0.5, 0.6) is 0 Å². The predicted octanol–water partition coefficient (Wildman–Crippen LogP) is 3.30. The normalized spacial score (nSPS) is 25.3. The summed E-state index contributed by atoms with van der Waals surface area (Å²) in [6.07, 6.45) is 5.54. The molecule has 2 atom stereocenters. The van der Waals surface area contributed by atoms with Crippen LogP contribution in [-0.4, -0.2) is 23.6 Å². The molecule has 1 aliphatic heterocycles. The van der Waals surface area contributed by atoms with Crippen molar-refractivity contribution in [3.05, 3.63) is 0 Å². The Kier molecular flexibility index (Phi) is 5.95. The van der Waals surface area contributed by atoms with Gasteiger partial charge in [0.15, 0.2) is 0 Å². The minimum atomic E-state index is 0.736. The molecule has 0 radical (unpaired) electrons. The molecule has 1 fully saturated rings. The van der Waals surface area contributed by atoms with Crippen LogP contribution in [0.15, 0.2) is 0 Å². The first-order valence-electron chi connectivity index (χ1n) is 6.10. The quantitative estimate of drug-likeness (QED) is 0.755. The number of thioether (sulfide) groups is 1. The van der Waals surface area contributed by atoms with E-state index in [1.807, 2.05) is 0 Å². The topological polar surface area (TPSA) is 12.0 Å². The van der Waals surface area contributed by atoms with E-state index in [-0.39, 0.29) is 0 Å². The SMILES string of the molecule is CCCNC(C(C)C)C1CCCCS1. The molecule has 1 rings (SSSR count). The van der Waals surface area contributed by atoms with Gasteiger partial charge in [0.1, 0.15) is 0 Å². The summed E-state index contributed by atoms with van der Waals surface area (Å²) in [4.78, 5) is 0. The predicted molar refractivity (Wildman–Crippen MR) is 67.0 cm³/mol. The Labute approximate surface area is 93.4 Å². The van der Waals surface area contributed by atoms with E-state index in [4.69, 9.17) is 0 Å². The van der Waals surface area contributed by atoms with E-state index in [0.717, 1.165) is 17.2 Å². The van der Waals surface area contributed by atoms with Crippen molar-refractivity contribution < 1.29 is 0 Å². The summed E-state index contributed by atoms with van der Waals surface area (Å²) in [5, 5.41) is 4.59. The van der Waals surface area contributed by atoms with Crippen LogP contribution in [0.1, 0.15) is 46.5 Å². The summed E-state index contributed by atoms with van der Waals surface area (Å²) in [6, 6.07) is 0.736. The first kappa shape index (κ1) is 12.4. The standard InChI is InChI=1S/C12H25NS/c1-4-8-13-12(10(2)3)11-7-5-6-9-14-11/h10-13H,4-9H2,1-3H3. The molecule has 1 saturated heterocycles. The van der Waals surface area contributed by atoms with E-state index in [1.54, 1.807) is 0 Å². The molecule has 0 amide bonds. The summed E-state index contributed by atoms with van der Waals surface area (Å²) in [5.74, 6) is 2.15. The van der Waals surface area contributed by atoms with Crippen molar-refractivity contribution in [2.75, 3.05) is 12.3 Å². The third kappa shape index (κ3) is 3.82. The molecule has 0 bridgehead atoms. The lowest BCUT2D eigenvalue weighted by molar-refractivity contribution is 0.372. The van der Waals surface area contributed by atoms with Crippen LogP contribution in [0.3, 0.4) is 0 Å². The monoisotopic (exact) mass is 215 g/mol. The minimum absolute atomic E-state index is 0.736. The molecule has 0 aromatic carbocycles. The highest BCUT2D eigenvalue weighted by atomic mass is 32.2. The van der Waals surface area contributed by atoms with Gasteiger partial charge in [0.05, 0.1) is 0 Å². The molecular weight excluding hydrogens is 190 g/mol. The van der Waals surface area contributed by atoms with Crippen LogP contribution in [-0.2, 0) is 0 Å². The molecular formula is C12H25NS. The van der Waals surface area contributed by atoms with Crippen molar-refractivity contribution in [2.45, 2.75) is 57.7 Å². The second-order valence-electron chi connectivity index (χ2n) is 4.63. The highest BCUT2D eigenvalue weighted by molar-refractivity contribution is 8.00. The van der Waals surface area contributed by atoms with Crippen molar-refractivity contribution in [2.24, 2.45) is 5.92 Å². The molecule has 1 heterocycles. The summed E-state index contributed by atoms with van der Waals surface area (Å²) in [7, 11) is 0. The van der Waals surface area contributed by atoms with Gasteiger partial charge in [-0.05, 0) is 37.5 Å². The zero-order chi connectivity index (χ0) is 10.4. The summed E-state index contributed by atoms with van der Waals surface area (Å²) in [6.45, 7) is 8.13. The van der Waals surface area contributed by atoms with E-state index in [9.17, 15) is 0 Å². The van der Waals surface area contributed by atoms with Gasteiger partial charge < -0.3 is 5.32 Å². The van der Waals surface area contributed by atoms with Crippen molar-refractivity contribution >= 4 is 11.8 Å². The number of nitrogens with one attached hydrogen (secondary N) is 1. The molecule has 2 unspecified atom stereocenters. The van der Waals surface area contributed by atoms with E-state index < -0.39 is 0 Å². The third-order valence-corrected chi connectivity index (χ3v) is 4.45. The average Bonchev–Trinajstić information content (AvgIpc) is 2.19. The molecule has 2 heteroatoms. The van der Waals surface area contributed by atoms with E-state index in [1.165, 1.54) is 38.0 Å². The lowest BCUT2D eigenvalue weighted by atomic mass is 9.97. The fraction of sp³-hybridized carbons (Fsp3) is 1.00. The summed E-state index contributed by atoms with van der Waals surface area (Å²) < 4.78 is 0. The Morgan fingerprint density at radius 3 is 2.64 bits per heavy atom. The van der Waals surface area contributed by atoms with Gasteiger partial charge in [-0.25, -0.2) is 0 Å². The van der Waals surface area contributed by atoms with Gasteiger partial charge in [-0.15, -0.1) is 0 Å². The van der Waals surface area contributed by atoms with Gasteiger partial charge in [0.2, 0.25) is 0 Å². The van der Waals surface area contributed by atoms with Gasteiger partial charge >= 0.3 is 0 Å². The number of rotatable bonds is 5. The maximum atomic E-state index is 3.72. The van der Waals surface area contributed by atoms with Crippen LogP contribution in [0.2, 0.25) is 0 Å². The lowest BCUT2D eigenvalue weighted by Gasteiger charge is -2.33. The van der Waals surface area contributed by atoms with Gasteiger partial charge in [0.25, 0.3) is 0 Å². The Balaban J connectivity index is 2.39. The lowest BCUT2D eigenvalue weighted by Crippen LogP contribution is -2.43. The Bertz CT molecular complexity index is 141. The average molecular weight is 215 g/mol. The molecule has 1 N–H and O–H groups in total. The molecule has 0 aliphatic carbocycles. The number of hydrogen-bond donors (Lipinski definition) is 1. The Morgan fingerprint density at radius 1 is 1.36 bits per heavy atom. The van der Waals surface area contributed by atoms with Crippen molar-refractivity contribution in [1.29, 1.82) is 0 Å². The highest BCUT2D eigenvalue weighted by Crippen LogP contribution is 2.30. The largest absolute Gasteiger partial charge is 0.313 e. The van der Waals surface area contributed by atoms with Crippen LogP contribution in [0.25, 0.3) is 0 Å². The third-order valence-electron chi connectivity index (χ3n) is 2.96. The summed E-state index contributed by atoms with van der Waals surface area (Å²) >= 11 is 2.19. The molecule has 0 aromatic rings. The first-order valence-corrected chi connectivity index (χ1v) is 7.15. The van der Waals surface area contributed by atoms with Crippen LogP contribution < -0.4 is 5.32 Å². The Morgan fingerprint density at radius 2 is 2.14 bits per heavy atom. The molecule has 1 nitrogen and oxygen atoms in total. The van der Waals surface area contributed by atoms with Gasteiger partial charge in [0, 0.05) is 11.3 Å². The maximum Gasteiger partial charge on any atom is 0.0209 e. The van der Waals surface area contributed by atoms with E-state index in [0.29, 0.717) is 0 Å². The second kappa shape index (κ2) is 6.73. The van der Waals surface area contributed by atoms with Gasteiger partial charge in [-0.1, -0.05) is 27.2 Å². The minimum Gasteiger partial charge on any atom is -0.313 e. The second-order valence-corrected chi connectivity index (χ2v) is 5.98. The zero-order valence-electron chi connectivity index (χ0n) is 9.88. The zero-order valence-corrected chi connectivity index (χ0v) is 10.7. The molecule has 84 valence electrons. The molecule has 0 aromatic heterocycles. The van der Waals surface area contributed by atoms with Crippen molar-refractivity contribution in [3.8, 4) is 0 Å². The van der Waals surface area contributed by atoms with E-state index >= 15 is 0 Å². The molecule has 0 spiro atoms. The van der Waals surface area contributed by atoms with Crippen LogP contribution >= 0.6 is 11.8 Å². The summed E-state index contributed by atoms with van der Waals surface area (Å²) in [5.41, 5.74) is 0. The van der Waals surface area contributed by atoms with E-state index in [2.05, 4.69) is 37.8 Å². The van der Waals surface area contributed by atoms with Crippen LogP contribution in [0, 0.1) is 5.92 Å². The highest BCUT2D eigenvalue weighted by Gasteiger charge is 2.25. The fourth-order valence-electron chi connectivity index (χ4n) is 2.16. The number of hydrogen-bond acceptors (Lipinski definition) is 2. The van der Waals surface area contributed by atoms with Gasteiger partial charge in [-0.2, -0.15) is 11.8 Å². The van der Waals surface area contributed by atoms with Gasteiger partial charge in [-0.3, -0.25) is 0 Å². The smallest absolute Gasteiger partial charge is 0.0209 e. The fourth-order valence-corrected chi connectivity index (χ4v) is 3.78. The van der Waals surface area contributed by atoms with Crippen molar-refractivity contribution in [1.82, 2.24) is 5.32 Å².